The Labute approximate surface area is 191 Å². The van der Waals surface area contributed by atoms with Gasteiger partial charge in [0.05, 0.1) is 0 Å². The fourth-order valence-electron chi connectivity index (χ4n) is 2.82. The number of aromatic hydroxyl groups is 1. The first-order valence-electron chi connectivity index (χ1n) is 8.56. The molecule has 0 radical (unpaired) electrons. The maximum Gasteiger partial charge on any atom is 4.00 e. The van der Waals surface area contributed by atoms with E-state index in [2.05, 4.69) is 45.4 Å². The Kier molecular flexibility index (Phi) is 14.6. The van der Waals surface area contributed by atoms with Crippen LogP contribution in [0.25, 0.3) is 6.08 Å². The normalized spacial score (nSPS) is 16.3. The first kappa shape index (κ1) is 27.8. The standard InChI is InChI=1S/C17H23O.C5H5.2ClH.Zr/c1-17(2,3)15-11-7-10-14(16(15)18)12-13-8-5-4-6-9-13;1-2-4-5-3-1;;;/h7-8,10-12,18H,4-6,9H2,1-3H3;1-3H,4H2;2*1H;/q2*-1;;;+4/p-2. The van der Waals surface area contributed by atoms with Crippen LogP contribution in [0.15, 0.2) is 42.0 Å². The second kappa shape index (κ2) is 13.7. The maximum absolute atomic E-state index is 10.4. The first-order chi connectivity index (χ1) is 11.0. The van der Waals surface area contributed by atoms with Crippen molar-refractivity contribution in [1.29, 1.82) is 0 Å². The summed E-state index contributed by atoms with van der Waals surface area (Å²) in [4.78, 5) is 0. The van der Waals surface area contributed by atoms with E-state index in [0.29, 0.717) is 5.75 Å². The Balaban J connectivity index is 0. The average Bonchev–Trinajstić information content (AvgIpc) is 3.09. The van der Waals surface area contributed by atoms with Crippen LogP contribution < -0.4 is 24.8 Å². The number of phenolic OH excluding ortho intramolecular Hbond substituents is 1. The van der Waals surface area contributed by atoms with Gasteiger partial charge in [-0.2, -0.15) is 12.2 Å². The number of benzene rings is 1. The Hall–Kier alpha value is -0.427. The SMILES string of the molecule is CC(C)(C)c1cccc(C=C2[CH-]CCCC2)c1O.[C-]1=CC=CC1.[Cl-].[Cl-].[Zr+4]. The van der Waals surface area contributed by atoms with Gasteiger partial charge in [0.1, 0.15) is 5.75 Å². The summed E-state index contributed by atoms with van der Waals surface area (Å²) in [6.07, 6.45) is 19.3. The van der Waals surface area contributed by atoms with Gasteiger partial charge in [-0.05, 0) is 11.0 Å². The summed E-state index contributed by atoms with van der Waals surface area (Å²) >= 11 is 0. The van der Waals surface area contributed by atoms with E-state index in [1.54, 1.807) is 0 Å². The molecule has 0 amide bonds. The fraction of sp³-hybridized carbons (Fsp3) is 0.409. The van der Waals surface area contributed by atoms with Gasteiger partial charge in [-0.1, -0.05) is 63.8 Å². The number of hydrogen-bond donors (Lipinski definition) is 1. The minimum absolute atomic E-state index is 0. The van der Waals surface area contributed by atoms with Gasteiger partial charge in [0.2, 0.25) is 0 Å². The van der Waals surface area contributed by atoms with Crippen LogP contribution in [0.1, 0.15) is 64.0 Å². The Morgan fingerprint density at radius 1 is 1.15 bits per heavy atom. The van der Waals surface area contributed by atoms with Crippen molar-refractivity contribution in [3.8, 4) is 5.75 Å². The molecule has 0 unspecified atom stereocenters. The largest absolute Gasteiger partial charge is 4.00 e. The number of halogens is 2. The van der Waals surface area contributed by atoms with Crippen LogP contribution in [0.5, 0.6) is 5.75 Å². The average molecular weight is 471 g/mol. The molecule has 0 aromatic heterocycles. The molecule has 0 spiro atoms. The van der Waals surface area contributed by atoms with Crippen LogP contribution in [-0.2, 0) is 31.6 Å². The number of rotatable bonds is 1. The van der Waals surface area contributed by atoms with Crippen LogP contribution in [0, 0.1) is 12.5 Å². The van der Waals surface area contributed by atoms with Gasteiger partial charge in [-0.15, -0.1) is 12.8 Å². The number of phenols is 1. The van der Waals surface area contributed by atoms with E-state index < -0.39 is 0 Å². The van der Waals surface area contributed by atoms with Gasteiger partial charge >= 0.3 is 26.2 Å². The topological polar surface area (TPSA) is 20.2 Å². The summed E-state index contributed by atoms with van der Waals surface area (Å²) in [6, 6.07) is 6.05. The minimum Gasteiger partial charge on any atom is -1.00 e. The van der Waals surface area contributed by atoms with Crippen LogP contribution in [0.4, 0.5) is 0 Å². The molecule has 4 heteroatoms. The predicted octanol–water partition coefficient (Wildman–Crippen LogP) is 0.163. The van der Waals surface area contributed by atoms with E-state index in [-0.39, 0.29) is 56.4 Å². The summed E-state index contributed by atoms with van der Waals surface area (Å²) in [5.74, 6) is 0.441. The van der Waals surface area contributed by atoms with Gasteiger partial charge in [-0.3, -0.25) is 6.08 Å². The Bertz CT molecular complexity index is 595. The van der Waals surface area contributed by atoms with E-state index in [1.165, 1.54) is 24.8 Å². The maximum atomic E-state index is 10.4. The van der Waals surface area contributed by atoms with Crippen molar-refractivity contribution in [2.45, 2.75) is 58.3 Å². The molecule has 1 N–H and O–H groups in total. The molecule has 140 valence electrons. The molecule has 0 bridgehead atoms. The molecule has 0 saturated heterocycles. The van der Waals surface area contributed by atoms with Crippen molar-refractivity contribution in [2.75, 3.05) is 0 Å². The third-order valence-electron chi connectivity index (χ3n) is 4.13. The molecule has 2 aliphatic carbocycles. The summed E-state index contributed by atoms with van der Waals surface area (Å²) < 4.78 is 0. The van der Waals surface area contributed by atoms with Gasteiger partial charge in [-0.25, -0.2) is 24.1 Å². The molecule has 0 atom stereocenters. The zero-order valence-corrected chi connectivity index (χ0v) is 19.8. The summed E-state index contributed by atoms with van der Waals surface area (Å²) in [6.45, 7) is 6.39. The molecule has 2 aliphatic rings. The van der Waals surface area contributed by atoms with Crippen molar-refractivity contribution in [1.82, 2.24) is 0 Å². The molecule has 26 heavy (non-hydrogen) atoms. The zero-order chi connectivity index (χ0) is 16.7. The third kappa shape index (κ3) is 8.98. The number of allylic oxidation sites excluding steroid dienone is 5. The van der Waals surface area contributed by atoms with E-state index in [0.717, 1.165) is 24.0 Å². The van der Waals surface area contributed by atoms with Crippen LogP contribution >= 0.6 is 0 Å². The van der Waals surface area contributed by atoms with E-state index in [1.807, 2.05) is 30.4 Å². The van der Waals surface area contributed by atoms with Crippen molar-refractivity contribution < 1.29 is 56.1 Å². The summed E-state index contributed by atoms with van der Waals surface area (Å²) in [5.41, 5.74) is 3.32. The van der Waals surface area contributed by atoms with E-state index in [4.69, 9.17) is 0 Å². The number of hydrogen-bond acceptors (Lipinski definition) is 1. The first-order valence-corrected chi connectivity index (χ1v) is 8.56. The zero-order valence-electron chi connectivity index (χ0n) is 15.9. The van der Waals surface area contributed by atoms with E-state index in [9.17, 15) is 5.11 Å². The Morgan fingerprint density at radius 3 is 2.35 bits per heavy atom. The molecule has 1 saturated carbocycles. The van der Waals surface area contributed by atoms with Crippen molar-refractivity contribution in [3.05, 3.63) is 65.6 Å². The van der Waals surface area contributed by atoms with Crippen molar-refractivity contribution in [3.63, 3.8) is 0 Å². The molecule has 0 aliphatic heterocycles. The molecule has 1 aromatic carbocycles. The van der Waals surface area contributed by atoms with Gasteiger partial charge in [0.15, 0.2) is 0 Å². The second-order valence-corrected chi connectivity index (χ2v) is 7.17. The summed E-state index contributed by atoms with van der Waals surface area (Å²) in [5, 5.41) is 10.4. The molecular weight excluding hydrogens is 442 g/mol. The molecule has 1 nitrogen and oxygen atoms in total. The van der Waals surface area contributed by atoms with Crippen LogP contribution in [0.2, 0.25) is 0 Å². The summed E-state index contributed by atoms with van der Waals surface area (Å²) in [7, 11) is 0. The van der Waals surface area contributed by atoms with E-state index >= 15 is 0 Å². The monoisotopic (exact) mass is 468 g/mol. The van der Waals surface area contributed by atoms with Gasteiger partial charge in [0.25, 0.3) is 0 Å². The molecule has 1 aromatic rings. The van der Waals surface area contributed by atoms with Gasteiger partial charge in [0, 0.05) is 0 Å². The van der Waals surface area contributed by atoms with Crippen LogP contribution in [0.3, 0.4) is 0 Å². The fourth-order valence-corrected chi connectivity index (χ4v) is 2.82. The van der Waals surface area contributed by atoms with Crippen LogP contribution in [-0.4, -0.2) is 5.11 Å². The minimum atomic E-state index is -0.0190. The van der Waals surface area contributed by atoms with Gasteiger partial charge < -0.3 is 29.9 Å². The molecule has 3 rings (SSSR count). The predicted molar refractivity (Wildman–Crippen MR) is 99.1 cm³/mol. The molecule has 1 fully saturated rings. The van der Waals surface area contributed by atoms with Crippen molar-refractivity contribution >= 4 is 6.08 Å². The third-order valence-corrected chi connectivity index (χ3v) is 4.13. The smallest absolute Gasteiger partial charge is 1.00 e. The molecule has 0 heterocycles. The Morgan fingerprint density at radius 2 is 1.88 bits per heavy atom. The second-order valence-electron chi connectivity index (χ2n) is 7.17. The molecular formula is C22H28Cl2OZr. The van der Waals surface area contributed by atoms with Crippen molar-refractivity contribution in [2.24, 2.45) is 0 Å². The number of para-hydroxylation sites is 1. The quantitative estimate of drug-likeness (QED) is 0.580.